The second-order valence-corrected chi connectivity index (χ2v) is 4.48. The standard InChI is InChI=1S/C14H14F4N2O/c1-3-4-19-10-7-13(14(16,17)18)20-11-6-9(15)12(21-2)5-8(10)11/h5-7H,3-4H2,1-2H3,(H,19,20). The van der Waals surface area contributed by atoms with Crippen molar-refractivity contribution in [2.24, 2.45) is 0 Å². The van der Waals surface area contributed by atoms with Crippen LogP contribution in [0.15, 0.2) is 18.2 Å². The molecule has 0 fully saturated rings. The lowest BCUT2D eigenvalue weighted by Crippen LogP contribution is -2.10. The van der Waals surface area contributed by atoms with Crippen molar-refractivity contribution in [3.63, 3.8) is 0 Å². The zero-order chi connectivity index (χ0) is 15.6. The minimum Gasteiger partial charge on any atom is -0.494 e. The molecule has 0 aliphatic rings. The first-order valence-electron chi connectivity index (χ1n) is 6.36. The first-order chi connectivity index (χ1) is 9.86. The molecule has 1 aromatic carbocycles. The van der Waals surface area contributed by atoms with Crippen molar-refractivity contribution in [2.75, 3.05) is 19.0 Å². The Kier molecular flexibility index (Phi) is 4.20. The van der Waals surface area contributed by atoms with Gasteiger partial charge in [0.15, 0.2) is 11.6 Å². The van der Waals surface area contributed by atoms with E-state index in [1.165, 1.54) is 13.2 Å². The van der Waals surface area contributed by atoms with E-state index in [1.807, 2.05) is 6.92 Å². The molecule has 2 rings (SSSR count). The second-order valence-electron chi connectivity index (χ2n) is 4.48. The van der Waals surface area contributed by atoms with Crippen molar-refractivity contribution in [3.8, 4) is 5.75 Å². The SMILES string of the molecule is CCCNc1cc(C(F)(F)F)nc2cc(F)c(OC)cc12. The van der Waals surface area contributed by atoms with Crippen LogP contribution in [-0.4, -0.2) is 18.6 Å². The number of alkyl halides is 3. The average Bonchev–Trinajstić information content (AvgIpc) is 2.42. The van der Waals surface area contributed by atoms with Gasteiger partial charge in [-0.15, -0.1) is 0 Å². The molecule has 2 aromatic rings. The maximum atomic E-state index is 13.7. The molecule has 3 nitrogen and oxygen atoms in total. The maximum Gasteiger partial charge on any atom is 0.433 e. The Morgan fingerprint density at radius 1 is 1.24 bits per heavy atom. The third-order valence-corrected chi connectivity index (χ3v) is 2.94. The van der Waals surface area contributed by atoms with Crippen molar-refractivity contribution in [3.05, 3.63) is 29.7 Å². The van der Waals surface area contributed by atoms with Gasteiger partial charge in [0.05, 0.1) is 12.6 Å². The third-order valence-electron chi connectivity index (χ3n) is 2.94. The number of rotatable bonds is 4. The minimum atomic E-state index is -4.59. The minimum absolute atomic E-state index is 0.0383. The normalized spacial score (nSPS) is 11.7. The molecule has 0 saturated heterocycles. The number of anilines is 1. The number of hydrogen-bond acceptors (Lipinski definition) is 3. The van der Waals surface area contributed by atoms with Crippen molar-refractivity contribution < 1.29 is 22.3 Å². The number of methoxy groups -OCH3 is 1. The number of nitrogens with zero attached hydrogens (tertiary/aromatic N) is 1. The smallest absolute Gasteiger partial charge is 0.433 e. The molecule has 0 bridgehead atoms. The number of pyridine rings is 1. The lowest BCUT2D eigenvalue weighted by Gasteiger charge is -2.14. The van der Waals surface area contributed by atoms with Gasteiger partial charge in [0.25, 0.3) is 0 Å². The quantitative estimate of drug-likeness (QED) is 0.859. The Morgan fingerprint density at radius 2 is 1.95 bits per heavy atom. The summed E-state index contributed by atoms with van der Waals surface area (Å²) in [6.07, 6.45) is -3.85. The molecule has 7 heteroatoms. The van der Waals surface area contributed by atoms with E-state index in [0.717, 1.165) is 18.6 Å². The number of fused-ring (bicyclic) bond motifs is 1. The molecular weight excluding hydrogens is 288 g/mol. The molecule has 21 heavy (non-hydrogen) atoms. The van der Waals surface area contributed by atoms with E-state index >= 15 is 0 Å². The molecule has 0 radical (unpaired) electrons. The van der Waals surface area contributed by atoms with E-state index in [0.29, 0.717) is 11.9 Å². The zero-order valence-electron chi connectivity index (χ0n) is 11.5. The highest BCUT2D eigenvalue weighted by atomic mass is 19.4. The lowest BCUT2D eigenvalue weighted by molar-refractivity contribution is -0.140. The molecule has 1 aromatic heterocycles. The van der Waals surface area contributed by atoms with E-state index in [9.17, 15) is 17.6 Å². The Bertz CT molecular complexity index is 655. The van der Waals surface area contributed by atoms with Gasteiger partial charge in [-0.1, -0.05) is 6.92 Å². The van der Waals surface area contributed by atoms with Gasteiger partial charge < -0.3 is 10.1 Å². The second kappa shape index (κ2) is 5.75. The van der Waals surface area contributed by atoms with Crippen LogP contribution in [0, 0.1) is 5.82 Å². The van der Waals surface area contributed by atoms with Gasteiger partial charge in [-0.05, 0) is 18.6 Å². The van der Waals surface area contributed by atoms with E-state index in [2.05, 4.69) is 10.3 Å². The molecule has 0 saturated carbocycles. The van der Waals surface area contributed by atoms with Crippen LogP contribution >= 0.6 is 0 Å². The summed E-state index contributed by atoms with van der Waals surface area (Å²) in [6.45, 7) is 2.39. The van der Waals surface area contributed by atoms with Crippen LogP contribution in [0.5, 0.6) is 5.75 Å². The van der Waals surface area contributed by atoms with E-state index < -0.39 is 17.7 Å². The monoisotopic (exact) mass is 302 g/mol. The van der Waals surface area contributed by atoms with Crippen LogP contribution < -0.4 is 10.1 Å². The van der Waals surface area contributed by atoms with Crippen molar-refractivity contribution in [2.45, 2.75) is 19.5 Å². The molecule has 0 aliphatic carbocycles. The molecular formula is C14H14F4N2O. The van der Waals surface area contributed by atoms with Crippen LogP contribution in [0.3, 0.4) is 0 Å². The molecule has 114 valence electrons. The average molecular weight is 302 g/mol. The maximum absolute atomic E-state index is 13.7. The number of ether oxygens (including phenoxy) is 1. The van der Waals surface area contributed by atoms with E-state index in [4.69, 9.17) is 4.74 Å². The van der Waals surface area contributed by atoms with Crippen LogP contribution in [0.25, 0.3) is 10.9 Å². The summed E-state index contributed by atoms with van der Waals surface area (Å²) >= 11 is 0. The molecule has 1 heterocycles. The van der Waals surface area contributed by atoms with Gasteiger partial charge in [0, 0.05) is 23.7 Å². The van der Waals surface area contributed by atoms with Gasteiger partial charge in [0.2, 0.25) is 0 Å². The highest BCUT2D eigenvalue weighted by Crippen LogP contribution is 2.35. The Labute approximate surface area is 118 Å². The first-order valence-corrected chi connectivity index (χ1v) is 6.36. The highest BCUT2D eigenvalue weighted by Gasteiger charge is 2.33. The largest absolute Gasteiger partial charge is 0.494 e. The number of hydrogen-bond donors (Lipinski definition) is 1. The van der Waals surface area contributed by atoms with Crippen LogP contribution in [0.1, 0.15) is 19.0 Å². The fraction of sp³-hybridized carbons (Fsp3) is 0.357. The Morgan fingerprint density at radius 3 is 2.52 bits per heavy atom. The molecule has 0 atom stereocenters. The van der Waals surface area contributed by atoms with Crippen molar-refractivity contribution in [1.82, 2.24) is 4.98 Å². The predicted molar refractivity (Wildman–Crippen MR) is 72.0 cm³/mol. The van der Waals surface area contributed by atoms with Gasteiger partial charge >= 0.3 is 6.18 Å². The summed E-state index contributed by atoms with van der Waals surface area (Å²) in [4.78, 5) is 3.49. The predicted octanol–water partition coefficient (Wildman–Crippen LogP) is 4.22. The number of aromatic nitrogens is 1. The fourth-order valence-corrected chi connectivity index (χ4v) is 1.94. The number of halogens is 4. The van der Waals surface area contributed by atoms with Gasteiger partial charge in [-0.2, -0.15) is 13.2 Å². The Hall–Kier alpha value is -2.05. The molecule has 0 unspecified atom stereocenters. The van der Waals surface area contributed by atoms with E-state index in [1.54, 1.807) is 0 Å². The van der Waals surface area contributed by atoms with E-state index in [-0.39, 0.29) is 17.0 Å². The van der Waals surface area contributed by atoms with Crippen LogP contribution in [0.2, 0.25) is 0 Å². The summed E-state index contributed by atoms with van der Waals surface area (Å²) in [5.41, 5.74) is -0.868. The summed E-state index contributed by atoms with van der Waals surface area (Å²) in [5, 5.41) is 3.29. The van der Waals surface area contributed by atoms with Gasteiger partial charge in [-0.25, -0.2) is 9.37 Å². The zero-order valence-corrected chi connectivity index (χ0v) is 11.5. The van der Waals surface area contributed by atoms with Crippen molar-refractivity contribution in [1.29, 1.82) is 0 Å². The van der Waals surface area contributed by atoms with Crippen LogP contribution in [0.4, 0.5) is 23.2 Å². The molecule has 0 spiro atoms. The first kappa shape index (κ1) is 15.3. The van der Waals surface area contributed by atoms with Crippen LogP contribution in [-0.2, 0) is 6.18 Å². The van der Waals surface area contributed by atoms with Gasteiger partial charge in [0.1, 0.15) is 5.69 Å². The number of nitrogens with one attached hydrogen (secondary N) is 1. The molecule has 1 N–H and O–H groups in total. The molecule has 0 amide bonds. The third kappa shape index (κ3) is 3.17. The fourth-order valence-electron chi connectivity index (χ4n) is 1.94. The lowest BCUT2D eigenvalue weighted by atomic mass is 10.1. The summed E-state index contributed by atoms with van der Waals surface area (Å²) in [6, 6.07) is 3.21. The summed E-state index contributed by atoms with van der Waals surface area (Å²) < 4.78 is 57.1. The molecule has 0 aliphatic heterocycles. The topological polar surface area (TPSA) is 34.2 Å². The van der Waals surface area contributed by atoms with Gasteiger partial charge in [-0.3, -0.25) is 0 Å². The number of benzene rings is 1. The summed E-state index contributed by atoms with van der Waals surface area (Å²) in [7, 11) is 1.29. The Balaban J connectivity index is 2.68. The highest BCUT2D eigenvalue weighted by molar-refractivity contribution is 5.92. The summed E-state index contributed by atoms with van der Waals surface area (Å²) in [5.74, 6) is -0.790. The van der Waals surface area contributed by atoms with Crippen molar-refractivity contribution >= 4 is 16.6 Å².